The molecule has 1 fully saturated rings. The molecule has 1 N–H and O–H groups in total. The van der Waals surface area contributed by atoms with E-state index in [0.29, 0.717) is 52.5 Å². The van der Waals surface area contributed by atoms with Crippen LogP contribution in [0, 0.1) is 23.5 Å². The Kier molecular flexibility index (Phi) is 11.7. The van der Waals surface area contributed by atoms with Crippen molar-refractivity contribution in [3.8, 4) is 11.1 Å². The van der Waals surface area contributed by atoms with Crippen LogP contribution in [0.2, 0.25) is 0 Å². The highest BCUT2D eigenvalue weighted by atomic mass is 19.3. The fraction of sp³-hybridized carbons (Fsp3) is 0.414. The zero-order chi connectivity index (χ0) is 29.9. The molecule has 1 saturated heterocycles. The molecule has 1 aliphatic rings. The van der Waals surface area contributed by atoms with Crippen molar-refractivity contribution in [3.05, 3.63) is 53.9 Å². The molecule has 12 heteroatoms. The van der Waals surface area contributed by atoms with E-state index in [1.807, 2.05) is 13.8 Å². The molecule has 0 amide bonds. The van der Waals surface area contributed by atoms with E-state index in [2.05, 4.69) is 37.1 Å². The highest BCUT2D eigenvalue weighted by Gasteiger charge is 2.23. The van der Waals surface area contributed by atoms with Crippen LogP contribution < -0.4 is 10.2 Å². The standard InChI is InChI=1S/C26H27F2N5O2.C3H7F2N/c1-16(2)25(29-3)32-35-14-17-6-8-33(9-7-17)26-22-12-20(27)11-21(24(22)30-15-31-26)18-4-5-19(13-34)23(28)10-18;1-6-2-3(4)5/h4-5,10-13,15-17H,3,6-9,14H2,1-2H3;3,6H,2H2,1H3/b32-25-;. The molecule has 0 radical (unpaired) electrons. The fourth-order valence-electron chi connectivity index (χ4n) is 4.37. The van der Waals surface area contributed by atoms with Crippen molar-refractivity contribution in [2.75, 3.05) is 38.2 Å². The Morgan fingerprint density at radius 3 is 2.49 bits per heavy atom. The van der Waals surface area contributed by atoms with Gasteiger partial charge in [-0.2, -0.15) is 0 Å². The molecule has 0 aliphatic carbocycles. The van der Waals surface area contributed by atoms with Crippen LogP contribution in [0.15, 0.2) is 46.8 Å². The number of benzene rings is 2. The third-order valence-corrected chi connectivity index (χ3v) is 6.54. The summed E-state index contributed by atoms with van der Waals surface area (Å²) in [6.07, 6.45) is 1.40. The molecule has 8 nitrogen and oxygen atoms in total. The number of nitrogens with zero attached hydrogens (tertiary/aromatic N) is 5. The summed E-state index contributed by atoms with van der Waals surface area (Å²) in [5.74, 6) is 0.547. The summed E-state index contributed by atoms with van der Waals surface area (Å²) in [7, 11) is 1.49. The van der Waals surface area contributed by atoms with Crippen molar-refractivity contribution >= 4 is 35.6 Å². The lowest BCUT2D eigenvalue weighted by Crippen LogP contribution is -2.35. The number of aldehydes is 1. The predicted octanol–water partition coefficient (Wildman–Crippen LogP) is 5.76. The van der Waals surface area contributed by atoms with Gasteiger partial charge in [-0.25, -0.2) is 32.5 Å². The summed E-state index contributed by atoms with van der Waals surface area (Å²) in [6, 6.07) is 6.92. The topological polar surface area (TPSA) is 92.1 Å². The first kappa shape index (κ1) is 31.6. The molecule has 4 rings (SSSR count). The molecule has 0 bridgehead atoms. The normalized spacial score (nSPS) is 14.3. The number of amidine groups is 1. The van der Waals surface area contributed by atoms with E-state index in [9.17, 15) is 22.4 Å². The molecule has 0 atom stereocenters. The summed E-state index contributed by atoms with van der Waals surface area (Å²) in [4.78, 5) is 31.3. The number of fused-ring (bicyclic) bond motifs is 1. The van der Waals surface area contributed by atoms with Gasteiger partial charge in [0, 0.05) is 30.0 Å². The van der Waals surface area contributed by atoms with Crippen LogP contribution >= 0.6 is 0 Å². The van der Waals surface area contributed by atoms with E-state index in [1.54, 1.807) is 6.07 Å². The number of anilines is 1. The molecular weight excluding hydrogens is 540 g/mol. The van der Waals surface area contributed by atoms with E-state index in [4.69, 9.17) is 4.84 Å². The van der Waals surface area contributed by atoms with Gasteiger partial charge in [0.25, 0.3) is 6.43 Å². The van der Waals surface area contributed by atoms with E-state index in [-0.39, 0.29) is 18.0 Å². The second-order valence-electron chi connectivity index (χ2n) is 9.84. The van der Waals surface area contributed by atoms with E-state index >= 15 is 0 Å². The average molecular weight is 575 g/mol. The van der Waals surface area contributed by atoms with Crippen molar-refractivity contribution in [3.63, 3.8) is 0 Å². The maximum Gasteiger partial charge on any atom is 0.250 e. The van der Waals surface area contributed by atoms with Gasteiger partial charge in [-0.05, 0) is 62.4 Å². The van der Waals surface area contributed by atoms with Crippen LogP contribution in [-0.4, -0.2) is 68.5 Å². The lowest BCUT2D eigenvalue weighted by Gasteiger charge is -2.32. The molecule has 0 spiro atoms. The monoisotopic (exact) mass is 574 g/mol. The molecule has 2 heterocycles. The molecular formula is C29H34F4N6O2. The molecule has 41 heavy (non-hydrogen) atoms. The Hall–Kier alpha value is -3.93. The number of aromatic nitrogens is 2. The number of aliphatic imine (C=N–C) groups is 1. The lowest BCUT2D eigenvalue weighted by atomic mass is 9.97. The second kappa shape index (κ2) is 15.2. The number of halogens is 4. The Balaban J connectivity index is 0.000000696. The van der Waals surface area contributed by atoms with Crippen LogP contribution in [0.1, 0.15) is 37.0 Å². The molecule has 1 aromatic heterocycles. The molecule has 3 aromatic rings. The lowest BCUT2D eigenvalue weighted by molar-refractivity contribution is 0.0958. The average Bonchev–Trinajstić information content (AvgIpc) is 2.95. The number of hydrogen-bond acceptors (Lipinski definition) is 7. The van der Waals surface area contributed by atoms with Crippen molar-refractivity contribution in [1.29, 1.82) is 0 Å². The maximum atomic E-state index is 14.7. The van der Waals surface area contributed by atoms with Crippen LogP contribution in [0.3, 0.4) is 0 Å². The smallest absolute Gasteiger partial charge is 0.250 e. The van der Waals surface area contributed by atoms with Gasteiger partial charge in [0.1, 0.15) is 30.4 Å². The number of oxime groups is 1. The minimum Gasteiger partial charge on any atom is -0.394 e. The molecule has 0 saturated carbocycles. The number of carbonyl (C=O) groups is 1. The van der Waals surface area contributed by atoms with Gasteiger partial charge >= 0.3 is 0 Å². The number of piperidine rings is 1. The van der Waals surface area contributed by atoms with Crippen molar-refractivity contribution in [1.82, 2.24) is 15.3 Å². The van der Waals surface area contributed by atoms with Crippen molar-refractivity contribution in [2.45, 2.75) is 33.1 Å². The first-order valence-corrected chi connectivity index (χ1v) is 13.2. The van der Waals surface area contributed by atoms with Gasteiger partial charge in [-0.15, -0.1) is 0 Å². The fourth-order valence-corrected chi connectivity index (χ4v) is 4.37. The van der Waals surface area contributed by atoms with E-state index < -0.39 is 18.1 Å². The third kappa shape index (κ3) is 8.53. The SMILES string of the molecule is C=N/C(=N\OCC1CCN(c2ncnc3c(-c4ccc(C=O)c(F)c4)cc(F)cc23)CC1)C(C)C.CNCC(F)F. The molecule has 1 aliphatic heterocycles. The number of nitrogens with one attached hydrogen (secondary N) is 1. The summed E-state index contributed by atoms with van der Waals surface area (Å²) in [5.41, 5.74) is 1.35. The first-order chi connectivity index (χ1) is 19.7. The van der Waals surface area contributed by atoms with Crippen LogP contribution in [0.4, 0.5) is 23.4 Å². The van der Waals surface area contributed by atoms with Gasteiger partial charge in [0.05, 0.1) is 17.6 Å². The Labute approximate surface area is 236 Å². The van der Waals surface area contributed by atoms with Gasteiger partial charge in [0.2, 0.25) is 0 Å². The van der Waals surface area contributed by atoms with Gasteiger partial charge in [-0.3, -0.25) is 4.79 Å². The number of rotatable bonds is 9. The van der Waals surface area contributed by atoms with Gasteiger partial charge in [-0.1, -0.05) is 25.1 Å². The number of alkyl halides is 2. The highest BCUT2D eigenvalue weighted by Crippen LogP contribution is 2.34. The van der Waals surface area contributed by atoms with Crippen LogP contribution in [-0.2, 0) is 4.84 Å². The molecule has 0 unspecified atom stereocenters. The predicted molar refractivity (Wildman–Crippen MR) is 153 cm³/mol. The van der Waals surface area contributed by atoms with Crippen molar-refractivity contribution < 1.29 is 27.2 Å². The molecule has 2 aromatic carbocycles. The van der Waals surface area contributed by atoms with Crippen LogP contribution in [0.25, 0.3) is 22.0 Å². The summed E-state index contributed by atoms with van der Waals surface area (Å²) in [5, 5.41) is 6.96. The van der Waals surface area contributed by atoms with Crippen molar-refractivity contribution in [2.24, 2.45) is 22.0 Å². The zero-order valence-electron chi connectivity index (χ0n) is 23.3. The number of carbonyl (C=O) groups excluding carboxylic acids is 1. The Morgan fingerprint density at radius 2 is 1.93 bits per heavy atom. The maximum absolute atomic E-state index is 14.7. The molecule has 220 valence electrons. The Bertz CT molecular complexity index is 1360. The first-order valence-electron chi connectivity index (χ1n) is 13.2. The highest BCUT2D eigenvalue weighted by molar-refractivity contribution is 5.99. The third-order valence-electron chi connectivity index (χ3n) is 6.54. The summed E-state index contributed by atoms with van der Waals surface area (Å²) < 4.78 is 50.9. The van der Waals surface area contributed by atoms with E-state index in [1.165, 1.54) is 37.6 Å². The van der Waals surface area contributed by atoms with Gasteiger partial charge < -0.3 is 15.1 Å². The Morgan fingerprint density at radius 1 is 1.20 bits per heavy atom. The number of hydrogen-bond donors (Lipinski definition) is 1. The zero-order valence-corrected chi connectivity index (χ0v) is 23.3. The summed E-state index contributed by atoms with van der Waals surface area (Å²) in [6.45, 7) is 9.20. The largest absolute Gasteiger partial charge is 0.394 e. The van der Waals surface area contributed by atoms with E-state index in [0.717, 1.165) is 25.9 Å². The minimum absolute atomic E-state index is 0.0523. The van der Waals surface area contributed by atoms with Crippen LogP contribution in [0.5, 0.6) is 0 Å². The quantitative estimate of drug-likeness (QED) is 0.115. The summed E-state index contributed by atoms with van der Waals surface area (Å²) >= 11 is 0. The second-order valence-corrected chi connectivity index (χ2v) is 9.84. The van der Waals surface area contributed by atoms with Gasteiger partial charge in [0.15, 0.2) is 12.1 Å². The minimum atomic E-state index is -2.21.